The molecule has 0 aliphatic rings. The number of aliphatic hydroxyl groups is 1. The number of hydrogen-bond acceptors (Lipinski definition) is 4. The summed E-state index contributed by atoms with van der Waals surface area (Å²) in [5.74, 6) is -0.288. The van der Waals surface area contributed by atoms with E-state index in [1.54, 1.807) is 0 Å². The van der Waals surface area contributed by atoms with Gasteiger partial charge in [0.25, 0.3) is 0 Å². The number of hydrogen-bond donors (Lipinski definition) is 4. The Labute approximate surface area is 339 Å². The zero-order valence-corrected chi connectivity index (χ0v) is 37.1. The first-order valence-corrected chi connectivity index (χ1v) is 22.5. The third kappa shape index (κ3) is 38.9. The van der Waals surface area contributed by atoms with Crippen LogP contribution in [0.5, 0.6) is 0 Å². The zero-order chi connectivity index (χ0) is 38.4. The third-order valence-corrected chi connectivity index (χ3v) is 10.6. The summed E-state index contributed by atoms with van der Waals surface area (Å²) in [4.78, 5) is 38.7. The number of unbranched alkanes of at least 4 members (excludes halogenated alkanes) is 25. The summed E-state index contributed by atoms with van der Waals surface area (Å²) in [6, 6.07) is -0.667. The molecule has 0 saturated heterocycles. The number of amides is 3. The minimum atomic E-state index is -0.667. The van der Waals surface area contributed by atoms with Crippen LogP contribution in [0.2, 0.25) is 0 Å². The molecule has 8 nitrogen and oxygen atoms in total. The van der Waals surface area contributed by atoms with Crippen LogP contribution in [-0.4, -0.2) is 80.2 Å². The molecule has 0 bridgehead atoms. The molecular formula is C44H89BrN4O4. The van der Waals surface area contributed by atoms with Crippen molar-refractivity contribution in [3.8, 4) is 0 Å². The van der Waals surface area contributed by atoms with Crippen LogP contribution in [-0.2, 0) is 14.4 Å². The highest BCUT2D eigenvalue weighted by Gasteiger charge is 2.21. The van der Waals surface area contributed by atoms with Gasteiger partial charge in [0, 0.05) is 25.9 Å². The van der Waals surface area contributed by atoms with Crippen molar-refractivity contribution >= 4 is 17.7 Å². The van der Waals surface area contributed by atoms with Crippen LogP contribution in [0.3, 0.4) is 0 Å². The molecule has 0 aliphatic carbocycles. The van der Waals surface area contributed by atoms with Crippen molar-refractivity contribution in [2.45, 2.75) is 219 Å². The van der Waals surface area contributed by atoms with E-state index < -0.39 is 6.04 Å². The molecule has 0 aromatic heterocycles. The van der Waals surface area contributed by atoms with E-state index in [2.05, 4.69) is 43.9 Å². The Morgan fingerprint density at radius 1 is 0.491 bits per heavy atom. The smallest absolute Gasteiger partial charge is 0.242 e. The maximum atomic E-state index is 13.2. The van der Waals surface area contributed by atoms with Gasteiger partial charge in [-0.1, -0.05) is 162 Å². The highest BCUT2D eigenvalue weighted by atomic mass is 79.9. The van der Waals surface area contributed by atoms with Gasteiger partial charge in [-0.2, -0.15) is 0 Å². The summed E-state index contributed by atoms with van der Waals surface area (Å²) in [5.41, 5.74) is 0. The molecule has 3 amide bonds. The molecule has 0 aromatic rings. The second-order valence-corrected chi connectivity index (χ2v) is 16.3. The van der Waals surface area contributed by atoms with Gasteiger partial charge in [-0.3, -0.25) is 14.4 Å². The van der Waals surface area contributed by atoms with E-state index in [1.165, 1.54) is 135 Å². The number of quaternary nitrogens is 1. The summed E-state index contributed by atoms with van der Waals surface area (Å²) in [6.45, 7) is 7.97. The zero-order valence-electron chi connectivity index (χ0n) is 35.5. The molecule has 0 heterocycles. The molecule has 0 fully saturated rings. The Morgan fingerprint density at radius 2 is 0.887 bits per heavy atom. The number of carbonyl (C=O) groups is 3. The molecule has 0 spiro atoms. The highest BCUT2D eigenvalue weighted by molar-refractivity contribution is 5.88. The molecule has 0 aromatic carbocycles. The fraction of sp³-hybridized carbons (Fsp3) is 0.932. The highest BCUT2D eigenvalue weighted by Crippen LogP contribution is 2.13. The largest absolute Gasteiger partial charge is 1.00 e. The van der Waals surface area contributed by atoms with Gasteiger partial charge >= 0.3 is 0 Å². The van der Waals surface area contributed by atoms with Gasteiger partial charge in [-0.05, 0) is 38.5 Å². The molecule has 4 N–H and O–H groups in total. The Hall–Kier alpha value is -1.19. The third-order valence-electron chi connectivity index (χ3n) is 10.6. The van der Waals surface area contributed by atoms with Gasteiger partial charge in [0.15, 0.2) is 0 Å². The number of nitrogens with zero attached hydrogens (tertiary/aromatic N) is 1. The fourth-order valence-corrected chi connectivity index (χ4v) is 6.96. The van der Waals surface area contributed by atoms with E-state index in [1.807, 2.05) is 0 Å². The standard InChI is InChI=1S/C44H88N4O4.BrH/c1-5-7-9-11-13-15-18-22-26-30-36-45-42(50)35-34-41(44(52)46-37-31-27-23-19-16-14-12-10-8-6-2)47-43(51)33-29-25-21-17-20-24-28-32-38-48(3,4)39-40-49;/h41,49H,5-40H2,1-4H3,(H2-,45,46,47,50,51,52);1H. The van der Waals surface area contributed by atoms with Gasteiger partial charge in [-0.25, -0.2) is 0 Å². The lowest BCUT2D eigenvalue weighted by atomic mass is 10.1. The number of carbonyl (C=O) groups excluding carboxylic acids is 3. The van der Waals surface area contributed by atoms with Crippen LogP contribution in [0.25, 0.3) is 0 Å². The van der Waals surface area contributed by atoms with E-state index in [-0.39, 0.29) is 47.7 Å². The van der Waals surface area contributed by atoms with Gasteiger partial charge in [0.1, 0.15) is 12.6 Å². The van der Waals surface area contributed by atoms with E-state index in [4.69, 9.17) is 0 Å². The van der Waals surface area contributed by atoms with Crippen molar-refractivity contribution in [1.29, 1.82) is 0 Å². The lowest BCUT2D eigenvalue weighted by molar-refractivity contribution is -0.890. The van der Waals surface area contributed by atoms with Crippen LogP contribution < -0.4 is 32.9 Å². The van der Waals surface area contributed by atoms with Crippen LogP contribution in [0.4, 0.5) is 0 Å². The predicted octanol–water partition coefficient (Wildman–Crippen LogP) is 6.91. The van der Waals surface area contributed by atoms with Crippen molar-refractivity contribution in [2.24, 2.45) is 0 Å². The number of halogens is 1. The first-order valence-electron chi connectivity index (χ1n) is 22.5. The lowest BCUT2D eigenvalue weighted by Crippen LogP contribution is -3.00. The van der Waals surface area contributed by atoms with Crippen LogP contribution in [0.15, 0.2) is 0 Å². The van der Waals surface area contributed by atoms with Crippen molar-refractivity contribution in [3.63, 3.8) is 0 Å². The number of nitrogens with one attached hydrogen (secondary N) is 3. The minimum Gasteiger partial charge on any atom is -1.00 e. The number of likely N-dealkylation sites (N-methyl/N-ethyl adjacent to an activating group) is 1. The number of aliphatic hydroxyl groups excluding tert-OH is 1. The summed E-state index contributed by atoms with van der Waals surface area (Å²) in [5, 5.41) is 18.2. The van der Waals surface area contributed by atoms with Crippen molar-refractivity contribution in [3.05, 3.63) is 0 Å². The molecule has 0 saturated carbocycles. The molecular weight excluding hydrogens is 728 g/mol. The van der Waals surface area contributed by atoms with Crippen LogP contribution in [0, 0.1) is 0 Å². The second kappa shape index (κ2) is 40.5. The summed E-state index contributed by atoms with van der Waals surface area (Å²) >= 11 is 0. The van der Waals surface area contributed by atoms with E-state index in [0.29, 0.717) is 25.9 Å². The van der Waals surface area contributed by atoms with Gasteiger partial charge in [0.2, 0.25) is 17.7 Å². The summed E-state index contributed by atoms with van der Waals surface area (Å²) in [7, 11) is 4.36. The van der Waals surface area contributed by atoms with Gasteiger partial charge < -0.3 is 42.5 Å². The number of rotatable bonds is 40. The first kappa shape index (κ1) is 53.9. The SMILES string of the molecule is CCCCCCCCCCCCNC(=O)CCC(NC(=O)CCCCCCCCCC[N+](C)(C)CCO)C(=O)NCCCCCCCCCCCC.[Br-]. The van der Waals surface area contributed by atoms with Gasteiger partial charge in [0.05, 0.1) is 27.2 Å². The van der Waals surface area contributed by atoms with E-state index in [9.17, 15) is 19.5 Å². The monoisotopic (exact) mass is 817 g/mol. The Morgan fingerprint density at radius 3 is 1.34 bits per heavy atom. The Balaban J connectivity index is 0. The predicted molar refractivity (Wildman–Crippen MR) is 221 cm³/mol. The quantitative estimate of drug-likeness (QED) is 0.0399. The molecule has 316 valence electrons. The maximum absolute atomic E-state index is 13.2. The molecule has 0 rings (SSSR count). The summed E-state index contributed by atoms with van der Waals surface area (Å²) in [6.07, 6.45) is 35.2. The van der Waals surface area contributed by atoms with Crippen LogP contribution >= 0.6 is 0 Å². The molecule has 9 heteroatoms. The van der Waals surface area contributed by atoms with Gasteiger partial charge in [-0.15, -0.1) is 0 Å². The summed E-state index contributed by atoms with van der Waals surface area (Å²) < 4.78 is 0.882. The molecule has 0 aliphatic heterocycles. The Kier molecular flexibility index (Phi) is 41.2. The molecule has 1 unspecified atom stereocenters. The van der Waals surface area contributed by atoms with E-state index in [0.717, 1.165) is 62.5 Å². The lowest BCUT2D eigenvalue weighted by Gasteiger charge is -2.28. The fourth-order valence-electron chi connectivity index (χ4n) is 6.96. The maximum Gasteiger partial charge on any atom is 0.242 e. The second-order valence-electron chi connectivity index (χ2n) is 16.3. The van der Waals surface area contributed by atoms with Crippen molar-refractivity contribution in [1.82, 2.24) is 16.0 Å². The minimum absolute atomic E-state index is 0. The molecule has 1 atom stereocenters. The van der Waals surface area contributed by atoms with Crippen LogP contribution in [0.1, 0.15) is 213 Å². The molecule has 53 heavy (non-hydrogen) atoms. The van der Waals surface area contributed by atoms with Crippen molar-refractivity contribution < 1.29 is 41.0 Å². The molecule has 0 radical (unpaired) electrons. The average Bonchev–Trinajstić information content (AvgIpc) is 3.11. The average molecular weight is 818 g/mol. The van der Waals surface area contributed by atoms with Crippen molar-refractivity contribution in [2.75, 3.05) is 46.9 Å². The Bertz CT molecular complexity index is 829. The van der Waals surface area contributed by atoms with E-state index >= 15 is 0 Å². The first-order chi connectivity index (χ1) is 25.3. The topological polar surface area (TPSA) is 108 Å². The normalized spacial score (nSPS) is 11.9.